The number of nitrogens with one attached hydrogen (secondary N) is 1. The largest absolute Gasteiger partial charge is 0.400 e. The summed E-state index contributed by atoms with van der Waals surface area (Å²) in [6.45, 7) is 0. The molecule has 0 spiro atoms. The normalized spacial score (nSPS) is 11.1. The van der Waals surface area contributed by atoms with Crippen LogP contribution in [0.1, 0.15) is 17.2 Å². The zero-order valence-electron chi connectivity index (χ0n) is 14.9. The maximum absolute atomic E-state index is 12.2. The number of amides is 1. The van der Waals surface area contributed by atoms with Gasteiger partial charge in [0.2, 0.25) is 11.6 Å². The SMILES string of the molecule is CO.NC(=O)C(c1cccc(-c2cccc(N=O)c2)[nH+]1)c1c(Cl)cccc1Cl. The molecule has 3 aromatic rings. The van der Waals surface area contributed by atoms with Gasteiger partial charge in [0, 0.05) is 40.4 Å². The monoisotopic (exact) mass is 418 g/mol. The highest BCUT2D eigenvalue weighted by Crippen LogP contribution is 2.34. The molecular formula is C20H18Cl2N3O3+. The standard InChI is InChI=1S/C19H13Cl2N3O2.CH4O/c20-13-6-2-7-14(21)17(13)18(19(22)25)16-9-3-8-15(23-16)11-4-1-5-12(10-11)24-26;1-2/h1-10,18H,(H2,22,25);2H,1H3/p+1. The van der Waals surface area contributed by atoms with Gasteiger partial charge in [-0.15, -0.1) is 4.91 Å². The minimum atomic E-state index is -0.844. The van der Waals surface area contributed by atoms with Crippen molar-refractivity contribution in [2.45, 2.75) is 5.92 Å². The van der Waals surface area contributed by atoms with Crippen LogP contribution in [0.3, 0.4) is 0 Å². The van der Waals surface area contributed by atoms with Crippen molar-refractivity contribution < 1.29 is 14.9 Å². The average Bonchev–Trinajstić information content (AvgIpc) is 2.72. The average molecular weight is 419 g/mol. The van der Waals surface area contributed by atoms with Gasteiger partial charge in [0.05, 0.1) is 0 Å². The number of rotatable bonds is 5. The smallest absolute Gasteiger partial charge is 0.235 e. The van der Waals surface area contributed by atoms with E-state index in [-0.39, 0.29) is 0 Å². The van der Waals surface area contributed by atoms with Crippen molar-refractivity contribution in [3.05, 3.63) is 86.9 Å². The predicted molar refractivity (Wildman–Crippen MR) is 110 cm³/mol. The molecule has 0 aliphatic rings. The number of benzene rings is 2. The van der Waals surface area contributed by atoms with Crippen LogP contribution in [0.2, 0.25) is 10.0 Å². The third-order valence-electron chi connectivity index (χ3n) is 3.96. The van der Waals surface area contributed by atoms with Crippen molar-refractivity contribution in [1.29, 1.82) is 0 Å². The molecule has 144 valence electrons. The van der Waals surface area contributed by atoms with Crippen LogP contribution >= 0.6 is 23.2 Å². The van der Waals surface area contributed by atoms with Gasteiger partial charge in [-0.1, -0.05) is 35.3 Å². The molecule has 0 fully saturated rings. The van der Waals surface area contributed by atoms with Crippen LogP contribution in [0.25, 0.3) is 11.3 Å². The van der Waals surface area contributed by atoms with Crippen molar-refractivity contribution in [2.75, 3.05) is 7.11 Å². The summed E-state index contributed by atoms with van der Waals surface area (Å²) in [4.78, 5) is 26.1. The number of aliphatic hydroxyl groups excluding tert-OH is 1. The molecule has 4 N–H and O–H groups in total. The fourth-order valence-corrected chi connectivity index (χ4v) is 3.41. The number of nitroso groups, excluding NO2 is 1. The lowest BCUT2D eigenvalue weighted by molar-refractivity contribution is -0.377. The van der Waals surface area contributed by atoms with Crippen LogP contribution in [-0.2, 0) is 4.79 Å². The Bertz CT molecular complexity index is 976. The van der Waals surface area contributed by atoms with Crippen LogP contribution in [-0.4, -0.2) is 18.1 Å². The van der Waals surface area contributed by atoms with Crippen LogP contribution in [0.4, 0.5) is 5.69 Å². The zero-order valence-corrected chi connectivity index (χ0v) is 16.4. The molecule has 0 bridgehead atoms. The van der Waals surface area contributed by atoms with Gasteiger partial charge in [-0.3, -0.25) is 4.79 Å². The number of carbonyl (C=O) groups is 1. The summed E-state index contributed by atoms with van der Waals surface area (Å²) in [5, 5.41) is 10.6. The maximum Gasteiger partial charge on any atom is 0.235 e. The highest BCUT2D eigenvalue weighted by atomic mass is 35.5. The molecule has 3 rings (SSSR count). The molecule has 0 saturated heterocycles. The molecule has 1 aromatic heterocycles. The Morgan fingerprint density at radius 2 is 1.64 bits per heavy atom. The maximum atomic E-state index is 12.2. The number of H-pyrrole nitrogens is 1. The molecule has 1 atom stereocenters. The van der Waals surface area contributed by atoms with E-state index < -0.39 is 11.8 Å². The number of carbonyl (C=O) groups excluding carboxylic acids is 1. The summed E-state index contributed by atoms with van der Waals surface area (Å²) < 4.78 is 0. The van der Waals surface area contributed by atoms with Crippen LogP contribution in [0, 0.1) is 4.91 Å². The molecule has 1 unspecified atom stereocenters. The Morgan fingerprint density at radius 1 is 1.04 bits per heavy atom. The number of hydrogen-bond acceptors (Lipinski definition) is 4. The first kappa shape index (κ1) is 21.5. The first-order valence-electron chi connectivity index (χ1n) is 8.15. The van der Waals surface area contributed by atoms with Gasteiger partial charge in [0.15, 0.2) is 5.69 Å². The molecule has 8 heteroatoms. The van der Waals surface area contributed by atoms with Gasteiger partial charge in [0.1, 0.15) is 11.6 Å². The number of nitrogens with two attached hydrogens (primary N) is 1. The summed E-state index contributed by atoms with van der Waals surface area (Å²) >= 11 is 12.5. The van der Waals surface area contributed by atoms with Crippen LogP contribution < -0.4 is 10.7 Å². The van der Waals surface area contributed by atoms with Gasteiger partial charge in [-0.05, 0) is 41.6 Å². The molecule has 1 amide bonds. The van der Waals surface area contributed by atoms with Crippen molar-refractivity contribution in [3.8, 4) is 11.3 Å². The number of hydrogen-bond donors (Lipinski definition) is 2. The molecule has 0 aliphatic carbocycles. The number of pyridine rings is 1. The molecular weight excluding hydrogens is 401 g/mol. The minimum Gasteiger partial charge on any atom is -0.400 e. The lowest BCUT2D eigenvalue weighted by Crippen LogP contribution is -2.29. The van der Waals surface area contributed by atoms with E-state index in [4.69, 9.17) is 34.0 Å². The molecule has 0 radical (unpaired) electrons. The van der Waals surface area contributed by atoms with Gasteiger partial charge < -0.3 is 10.8 Å². The minimum absolute atomic E-state index is 0.307. The second-order valence-electron chi connectivity index (χ2n) is 5.63. The van der Waals surface area contributed by atoms with Crippen LogP contribution in [0.5, 0.6) is 0 Å². The fraction of sp³-hybridized carbons (Fsp3) is 0.100. The Labute approximate surface area is 171 Å². The highest BCUT2D eigenvalue weighted by Gasteiger charge is 2.30. The first-order chi connectivity index (χ1) is 13.5. The third kappa shape index (κ3) is 4.72. The van der Waals surface area contributed by atoms with E-state index in [1.165, 1.54) is 0 Å². The first-order valence-corrected chi connectivity index (χ1v) is 8.91. The van der Waals surface area contributed by atoms with Gasteiger partial charge in [0.25, 0.3) is 0 Å². The summed E-state index contributed by atoms with van der Waals surface area (Å²) in [6.07, 6.45) is 0. The topological polar surface area (TPSA) is 107 Å². The van der Waals surface area contributed by atoms with E-state index >= 15 is 0 Å². The zero-order chi connectivity index (χ0) is 20.7. The molecule has 28 heavy (non-hydrogen) atoms. The summed E-state index contributed by atoms with van der Waals surface area (Å²) in [5.74, 6) is -1.43. The number of nitrogens with zero attached hydrogens (tertiary/aromatic N) is 1. The third-order valence-corrected chi connectivity index (χ3v) is 4.62. The van der Waals surface area contributed by atoms with E-state index in [0.717, 1.165) is 12.7 Å². The summed E-state index contributed by atoms with van der Waals surface area (Å²) in [6, 6.07) is 17.1. The van der Waals surface area contributed by atoms with Gasteiger partial charge in [-0.2, -0.15) is 0 Å². The molecule has 2 aromatic carbocycles. The van der Waals surface area contributed by atoms with Gasteiger partial charge in [-0.25, -0.2) is 4.98 Å². The number of aromatic amines is 1. The number of primary amides is 1. The molecule has 0 saturated carbocycles. The number of aromatic nitrogens is 1. The number of halogens is 2. The highest BCUT2D eigenvalue weighted by molar-refractivity contribution is 6.36. The Kier molecular flexibility index (Phi) is 7.63. The quantitative estimate of drug-likeness (QED) is 0.608. The van der Waals surface area contributed by atoms with E-state index in [1.54, 1.807) is 48.5 Å². The van der Waals surface area contributed by atoms with E-state index in [2.05, 4.69) is 10.2 Å². The van der Waals surface area contributed by atoms with Crippen molar-refractivity contribution >= 4 is 34.8 Å². The van der Waals surface area contributed by atoms with E-state index in [9.17, 15) is 9.70 Å². The lowest BCUT2D eigenvalue weighted by Gasteiger charge is -2.14. The summed E-state index contributed by atoms with van der Waals surface area (Å²) in [5.41, 5.74) is 8.37. The van der Waals surface area contributed by atoms with Crippen molar-refractivity contribution in [3.63, 3.8) is 0 Å². The predicted octanol–water partition coefficient (Wildman–Crippen LogP) is 4.10. The van der Waals surface area contributed by atoms with Crippen molar-refractivity contribution in [2.24, 2.45) is 10.9 Å². The number of aliphatic hydroxyl groups is 1. The fourth-order valence-electron chi connectivity index (χ4n) is 2.79. The van der Waals surface area contributed by atoms with Crippen LogP contribution in [0.15, 0.2) is 65.8 Å². The lowest BCUT2D eigenvalue weighted by atomic mass is 9.93. The Morgan fingerprint density at radius 3 is 2.25 bits per heavy atom. The Balaban J connectivity index is 0.00000136. The molecule has 6 nitrogen and oxygen atoms in total. The molecule has 0 aliphatic heterocycles. The van der Waals surface area contributed by atoms with E-state index in [1.807, 2.05) is 12.1 Å². The Hall–Kier alpha value is -2.80. The van der Waals surface area contributed by atoms with Crippen molar-refractivity contribution in [1.82, 2.24) is 0 Å². The van der Waals surface area contributed by atoms with E-state index in [0.29, 0.717) is 32.7 Å². The second kappa shape index (κ2) is 9.94. The second-order valence-corrected chi connectivity index (χ2v) is 6.45. The summed E-state index contributed by atoms with van der Waals surface area (Å²) in [7, 11) is 1.00. The van der Waals surface area contributed by atoms with Gasteiger partial charge >= 0.3 is 0 Å². The molecule has 1 heterocycles.